The minimum atomic E-state index is -3.93. The van der Waals surface area contributed by atoms with E-state index in [9.17, 15) is 18.5 Å². The molecule has 0 unspecified atom stereocenters. The highest BCUT2D eigenvalue weighted by molar-refractivity contribution is 7.90. The topological polar surface area (TPSA) is 101 Å². The van der Waals surface area contributed by atoms with Gasteiger partial charge >= 0.3 is 0 Å². The van der Waals surface area contributed by atoms with E-state index in [4.69, 9.17) is 9.47 Å². The van der Waals surface area contributed by atoms with Crippen molar-refractivity contribution >= 4 is 38.8 Å². The number of nitro benzene ring substituents is 1. The van der Waals surface area contributed by atoms with Gasteiger partial charge in [-0.3, -0.25) is 10.1 Å². The maximum atomic E-state index is 13.6. The van der Waals surface area contributed by atoms with Crippen molar-refractivity contribution in [3.8, 4) is 11.5 Å². The summed E-state index contributed by atoms with van der Waals surface area (Å²) in [6.45, 7) is 1.81. The first-order chi connectivity index (χ1) is 15.9. The molecule has 1 aliphatic heterocycles. The van der Waals surface area contributed by atoms with Gasteiger partial charge in [-0.15, -0.1) is 0 Å². The summed E-state index contributed by atoms with van der Waals surface area (Å²) in [7, 11) is -3.93. The number of benzene rings is 3. The molecule has 0 radical (unpaired) electrons. The zero-order valence-corrected chi connectivity index (χ0v) is 18.3. The molecule has 3 aromatic carbocycles. The highest BCUT2D eigenvalue weighted by Gasteiger charge is 2.25. The molecule has 0 aliphatic carbocycles. The van der Waals surface area contributed by atoms with Crippen molar-refractivity contribution in [2.75, 3.05) is 6.79 Å². The van der Waals surface area contributed by atoms with Crippen molar-refractivity contribution in [3.05, 3.63) is 93.7 Å². The third-order valence-corrected chi connectivity index (χ3v) is 7.29. The average molecular weight is 462 g/mol. The smallest absolute Gasteiger partial charge is 0.280 e. The molecule has 2 heterocycles. The molecule has 9 heteroatoms. The van der Waals surface area contributed by atoms with Crippen LogP contribution in [0.4, 0.5) is 5.69 Å². The molecule has 166 valence electrons. The van der Waals surface area contributed by atoms with E-state index in [2.05, 4.69) is 0 Å². The van der Waals surface area contributed by atoms with Crippen molar-refractivity contribution in [1.82, 2.24) is 3.97 Å². The summed E-state index contributed by atoms with van der Waals surface area (Å²) in [6, 6.07) is 18.2. The van der Waals surface area contributed by atoms with Gasteiger partial charge in [0.25, 0.3) is 15.7 Å². The highest BCUT2D eigenvalue weighted by Crippen LogP contribution is 2.39. The monoisotopic (exact) mass is 462 g/mol. The number of rotatable bonds is 5. The number of hydrogen-bond donors (Lipinski definition) is 0. The molecule has 4 aromatic rings. The summed E-state index contributed by atoms with van der Waals surface area (Å²) >= 11 is 0. The van der Waals surface area contributed by atoms with Crippen LogP contribution in [-0.4, -0.2) is 24.1 Å². The van der Waals surface area contributed by atoms with Crippen molar-refractivity contribution in [2.24, 2.45) is 0 Å². The molecule has 0 spiro atoms. The van der Waals surface area contributed by atoms with Gasteiger partial charge in [0.2, 0.25) is 6.79 Å². The van der Waals surface area contributed by atoms with Gasteiger partial charge in [-0.2, -0.15) is 0 Å². The third kappa shape index (κ3) is 3.42. The van der Waals surface area contributed by atoms with Crippen LogP contribution in [0, 0.1) is 17.0 Å². The second-order valence-electron chi connectivity index (χ2n) is 7.46. The number of nitro groups is 1. The maximum Gasteiger partial charge on any atom is 0.280 e. The number of hydrogen-bond acceptors (Lipinski definition) is 6. The summed E-state index contributed by atoms with van der Waals surface area (Å²) in [6.07, 6.45) is 3.11. The summed E-state index contributed by atoms with van der Waals surface area (Å²) in [5.41, 5.74) is 1.79. The molecule has 0 saturated carbocycles. The molecular weight excluding hydrogens is 444 g/mol. The van der Waals surface area contributed by atoms with E-state index in [-0.39, 0.29) is 22.9 Å². The van der Waals surface area contributed by atoms with Crippen LogP contribution in [0.25, 0.3) is 23.1 Å². The van der Waals surface area contributed by atoms with Crippen LogP contribution in [0.15, 0.2) is 71.6 Å². The zero-order chi connectivity index (χ0) is 23.2. The number of fused-ring (bicyclic) bond motifs is 2. The van der Waals surface area contributed by atoms with E-state index in [1.54, 1.807) is 36.4 Å². The number of aromatic nitrogens is 1. The lowest BCUT2D eigenvalue weighted by Gasteiger charge is -2.11. The molecular formula is C24H18N2O6S. The lowest BCUT2D eigenvalue weighted by atomic mass is 10.1. The zero-order valence-electron chi connectivity index (χ0n) is 17.5. The van der Waals surface area contributed by atoms with Gasteiger partial charge in [-0.05, 0) is 48.9 Å². The second kappa shape index (κ2) is 7.79. The van der Waals surface area contributed by atoms with Crippen LogP contribution in [0.1, 0.15) is 16.8 Å². The van der Waals surface area contributed by atoms with Crippen molar-refractivity contribution in [1.29, 1.82) is 0 Å². The molecule has 1 aromatic heterocycles. The minimum Gasteiger partial charge on any atom is -0.454 e. The summed E-state index contributed by atoms with van der Waals surface area (Å²) < 4.78 is 39.1. The Morgan fingerprint density at radius 2 is 1.64 bits per heavy atom. The average Bonchev–Trinajstić information content (AvgIpc) is 3.39. The lowest BCUT2D eigenvalue weighted by molar-refractivity contribution is -0.385. The molecule has 0 amide bonds. The van der Waals surface area contributed by atoms with Crippen molar-refractivity contribution < 1.29 is 22.8 Å². The van der Waals surface area contributed by atoms with Crippen molar-refractivity contribution in [2.45, 2.75) is 11.8 Å². The fraction of sp³-hybridized carbons (Fsp3) is 0.0833. The number of nitrogens with zero attached hydrogens (tertiary/aromatic N) is 2. The Morgan fingerprint density at radius 1 is 0.970 bits per heavy atom. The minimum absolute atomic E-state index is 0.0116. The largest absolute Gasteiger partial charge is 0.454 e. The lowest BCUT2D eigenvalue weighted by Crippen LogP contribution is -2.14. The Hall–Kier alpha value is -4.11. The molecule has 33 heavy (non-hydrogen) atoms. The summed E-state index contributed by atoms with van der Waals surface area (Å²) in [4.78, 5) is 11.3. The fourth-order valence-electron chi connectivity index (χ4n) is 3.94. The van der Waals surface area contributed by atoms with Crippen LogP contribution in [-0.2, 0) is 10.0 Å². The Morgan fingerprint density at radius 3 is 2.36 bits per heavy atom. The van der Waals surface area contributed by atoms with E-state index in [0.717, 1.165) is 10.9 Å². The Balaban J connectivity index is 1.72. The van der Waals surface area contributed by atoms with Crippen LogP contribution >= 0.6 is 0 Å². The number of para-hydroxylation sites is 1. The van der Waals surface area contributed by atoms with E-state index in [1.165, 1.54) is 34.3 Å². The normalized spacial score (nSPS) is 13.1. The van der Waals surface area contributed by atoms with Gasteiger partial charge in [-0.25, -0.2) is 12.4 Å². The Labute approximate surface area is 189 Å². The van der Waals surface area contributed by atoms with Crippen LogP contribution in [0.2, 0.25) is 0 Å². The van der Waals surface area contributed by atoms with Gasteiger partial charge in [0, 0.05) is 5.39 Å². The molecule has 0 bridgehead atoms. The second-order valence-corrected chi connectivity index (χ2v) is 9.25. The van der Waals surface area contributed by atoms with E-state index in [1.807, 2.05) is 19.1 Å². The van der Waals surface area contributed by atoms with Crippen LogP contribution in [0.5, 0.6) is 11.5 Å². The van der Waals surface area contributed by atoms with E-state index < -0.39 is 14.9 Å². The highest BCUT2D eigenvalue weighted by atomic mass is 32.2. The SMILES string of the molecule is Cc1c(/C=C/c2cc3c(cc2[N+](=O)[O-])OCO3)n(S(=O)(=O)c2ccccc2)c2ccccc12. The predicted octanol–water partition coefficient (Wildman–Crippen LogP) is 4.99. The van der Waals surface area contributed by atoms with E-state index in [0.29, 0.717) is 22.7 Å². The Kier molecular flexibility index (Phi) is 4.90. The molecule has 0 atom stereocenters. The van der Waals surface area contributed by atoms with Crippen LogP contribution < -0.4 is 9.47 Å². The van der Waals surface area contributed by atoms with Gasteiger partial charge < -0.3 is 9.47 Å². The standard InChI is InChI=1S/C24H18N2O6S/c1-16-19-9-5-6-10-21(19)25(33(29,30)18-7-3-2-4-8-18)20(16)12-11-17-13-23-24(32-15-31-23)14-22(17)26(27)28/h2-14H,15H2,1H3/b12-11+. The third-order valence-electron chi connectivity index (χ3n) is 5.55. The van der Waals surface area contributed by atoms with Gasteiger partial charge in [-0.1, -0.05) is 36.4 Å². The first kappa shape index (κ1) is 20.8. The first-order valence-corrected chi connectivity index (χ1v) is 11.5. The molecule has 8 nitrogen and oxygen atoms in total. The molecule has 0 fully saturated rings. The van der Waals surface area contributed by atoms with Crippen molar-refractivity contribution in [3.63, 3.8) is 0 Å². The summed E-state index contributed by atoms with van der Waals surface area (Å²) in [5.74, 6) is 0.699. The fourth-order valence-corrected chi connectivity index (χ4v) is 5.53. The number of ether oxygens (including phenoxy) is 2. The van der Waals surface area contributed by atoms with Gasteiger partial charge in [0.1, 0.15) is 0 Å². The number of aryl methyl sites for hydroxylation is 1. The van der Waals surface area contributed by atoms with Gasteiger partial charge in [0.15, 0.2) is 11.5 Å². The van der Waals surface area contributed by atoms with Gasteiger partial charge in [0.05, 0.1) is 32.7 Å². The summed E-state index contributed by atoms with van der Waals surface area (Å²) in [5, 5.41) is 12.4. The van der Waals surface area contributed by atoms with Crippen LogP contribution in [0.3, 0.4) is 0 Å². The predicted molar refractivity (Wildman–Crippen MR) is 124 cm³/mol. The quantitative estimate of drug-likeness (QED) is 0.306. The maximum absolute atomic E-state index is 13.6. The Bertz CT molecular complexity index is 1540. The first-order valence-electron chi connectivity index (χ1n) is 10.0. The molecule has 5 rings (SSSR count). The molecule has 0 saturated heterocycles. The molecule has 0 N–H and O–H groups in total. The molecule has 1 aliphatic rings. The van der Waals surface area contributed by atoms with E-state index >= 15 is 0 Å².